The normalized spacial score (nSPS) is 24.7. The van der Waals surface area contributed by atoms with Crippen LogP contribution in [0.5, 0.6) is 0 Å². The molecular formula is C6H11NO2S. The van der Waals surface area contributed by atoms with E-state index in [1.807, 2.05) is 6.92 Å². The number of esters is 1. The maximum Gasteiger partial charge on any atom is 0.324 e. The van der Waals surface area contributed by atoms with Gasteiger partial charge in [-0.2, -0.15) is 0 Å². The van der Waals surface area contributed by atoms with Gasteiger partial charge in [0.1, 0.15) is 6.04 Å². The second-order valence-corrected chi connectivity index (χ2v) is 3.05. The summed E-state index contributed by atoms with van der Waals surface area (Å²) in [4.78, 5) is 10.9. The highest BCUT2D eigenvalue weighted by Gasteiger charge is 2.22. The zero-order chi connectivity index (χ0) is 7.40. The molecule has 0 saturated carbocycles. The summed E-state index contributed by atoms with van der Waals surface area (Å²) in [5, 5.41) is 3.03. The van der Waals surface area contributed by atoms with Crippen molar-refractivity contribution in [1.82, 2.24) is 5.32 Å². The lowest BCUT2D eigenvalue weighted by molar-refractivity contribution is -0.144. The smallest absolute Gasteiger partial charge is 0.324 e. The Kier molecular flexibility index (Phi) is 3.02. The van der Waals surface area contributed by atoms with Crippen LogP contribution in [-0.4, -0.2) is 30.2 Å². The molecule has 0 amide bonds. The van der Waals surface area contributed by atoms with Crippen molar-refractivity contribution in [2.24, 2.45) is 0 Å². The second-order valence-electron chi connectivity index (χ2n) is 2.02. The molecular weight excluding hydrogens is 150 g/mol. The third kappa shape index (κ3) is 1.88. The van der Waals surface area contributed by atoms with Crippen molar-refractivity contribution in [3.05, 3.63) is 0 Å². The van der Waals surface area contributed by atoms with E-state index in [9.17, 15) is 4.79 Å². The average molecular weight is 161 g/mol. The highest BCUT2D eigenvalue weighted by molar-refractivity contribution is 7.99. The number of hydrogen-bond donors (Lipinski definition) is 1. The summed E-state index contributed by atoms with van der Waals surface area (Å²) in [6.45, 7) is 2.29. The maximum atomic E-state index is 10.9. The van der Waals surface area contributed by atoms with E-state index >= 15 is 0 Å². The summed E-state index contributed by atoms with van der Waals surface area (Å²) in [5.74, 6) is 1.59. The van der Waals surface area contributed by atoms with E-state index in [-0.39, 0.29) is 12.0 Å². The minimum atomic E-state index is -0.118. The highest BCUT2D eigenvalue weighted by atomic mass is 32.2. The van der Waals surface area contributed by atoms with E-state index in [1.165, 1.54) is 0 Å². The van der Waals surface area contributed by atoms with Crippen LogP contribution in [0.1, 0.15) is 6.92 Å². The molecule has 3 nitrogen and oxygen atoms in total. The van der Waals surface area contributed by atoms with Crippen molar-refractivity contribution in [3.63, 3.8) is 0 Å². The Morgan fingerprint density at radius 1 is 1.90 bits per heavy atom. The molecule has 1 aliphatic heterocycles. The van der Waals surface area contributed by atoms with Crippen LogP contribution >= 0.6 is 11.8 Å². The van der Waals surface area contributed by atoms with E-state index in [2.05, 4.69) is 5.32 Å². The number of carbonyl (C=O) groups is 1. The first-order valence-corrected chi connectivity index (χ1v) is 4.48. The largest absolute Gasteiger partial charge is 0.465 e. The number of hydrogen-bond acceptors (Lipinski definition) is 4. The molecule has 0 spiro atoms. The first-order chi connectivity index (χ1) is 4.84. The lowest BCUT2D eigenvalue weighted by Crippen LogP contribution is -2.34. The fraction of sp³-hybridized carbons (Fsp3) is 0.833. The highest BCUT2D eigenvalue weighted by Crippen LogP contribution is 2.10. The van der Waals surface area contributed by atoms with Gasteiger partial charge < -0.3 is 4.74 Å². The summed E-state index contributed by atoms with van der Waals surface area (Å²) in [6, 6.07) is -0.0649. The van der Waals surface area contributed by atoms with Crippen LogP contribution in [0.2, 0.25) is 0 Å². The molecule has 58 valence electrons. The predicted octanol–water partition coefficient (Wildman–Crippen LogP) is 0.212. The summed E-state index contributed by atoms with van der Waals surface area (Å²) in [5.41, 5.74) is 0. The Hall–Kier alpha value is -0.220. The van der Waals surface area contributed by atoms with Crippen LogP contribution in [0.15, 0.2) is 0 Å². The summed E-state index contributed by atoms with van der Waals surface area (Å²) in [7, 11) is 0. The zero-order valence-electron chi connectivity index (χ0n) is 5.92. The van der Waals surface area contributed by atoms with Crippen molar-refractivity contribution in [2.75, 3.05) is 18.2 Å². The van der Waals surface area contributed by atoms with Gasteiger partial charge in [0.15, 0.2) is 0 Å². The van der Waals surface area contributed by atoms with Gasteiger partial charge in [0.2, 0.25) is 0 Å². The number of nitrogens with one attached hydrogen (secondary N) is 1. The van der Waals surface area contributed by atoms with E-state index in [1.54, 1.807) is 11.8 Å². The van der Waals surface area contributed by atoms with E-state index in [0.29, 0.717) is 6.61 Å². The standard InChI is InChI=1S/C6H11NO2S/c1-2-9-6(8)5-3-10-4-7-5/h5,7H,2-4H2,1H3. The Bertz CT molecular complexity index is 123. The van der Waals surface area contributed by atoms with Gasteiger partial charge in [-0.15, -0.1) is 11.8 Å². The van der Waals surface area contributed by atoms with Crippen molar-refractivity contribution >= 4 is 17.7 Å². The van der Waals surface area contributed by atoms with Crippen molar-refractivity contribution < 1.29 is 9.53 Å². The lowest BCUT2D eigenvalue weighted by atomic mass is 10.3. The third-order valence-corrected chi connectivity index (χ3v) is 2.23. The Labute approximate surface area is 64.5 Å². The summed E-state index contributed by atoms with van der Waals surface area (Å²) < 4.78 is 4.81. The topological polar surface area (TPSA) is 38.3 Å². The van der Waals surface area contributed by atoms with Crippen molar-refractivity contribution in [2.45, 2.75) is 13.0 Å². The number of carbonyl (C=O) groups excluding carboxylic acids is 1. The summed E-state index contributed by atoms with van der Waals surface area (Å²) in [6.07, 6.45) is 0. The molecule has 1 N–H and O–H groups in total. The molecule has 0 bridgehead atoms. The first kappa shape index (κ1) is 7.88. The molecule has 1 saturated heterocycles. The van der Waals surface area contributed by atoms with Crippen LogP contribution < -0.4 is 5.32 Å². The molecule has 0 aromatic heterocycles. The second kappa shape index (κ2) is 3.83. The Morgan fingerprint density at radius 3 is 3.20 bits per heavy atom. The minimum absolute atomic E-state index is 0.0649. The van der Waals surface area contributed by atoms with Crippen LogP contribution in [-0.2, 0) is 9.53 Å². The molecule has 4 heteroatoms. The van der Waals surface area contributed by atoms with Gasteiger partial charge in [0.05, 0.1) is 6.61 Å². The molecule has 0 aliphatic carbocycles. The van der Waals surface area contributed by atoms with Crippen LogP contribution in [0, 0.1) is 0 Å². The molecule has 1 atom stereocenters. The molecule has 1 unspecified atom stereocenters. The SMILES string of the molecule is CCOC(=O)C1CSCN1. The minimum Gasteiger partial charge on any atom is -0.465 e. The van der Waals surface area contributed by atoms with Gasteiger partial charge >= 0.3 is 5.97 Å². The number of ether oxygens (including phenoxy) is 1. The van der Waals surface area contributed by atoms with Crippen molar-refractivity contribution in [3.8, 4) is 0 Å². The average Bonchev–Trinajstić information content (AvgIpc) is 2.38. The fourth-order valence-electron chi connectivity index (χ4n) is 0.789. The van der Waals surface area contributed by atoms with Gasteiger partial charge in [-0.3, -0.25) is 10.1 Å². The molecule has 0 aromatic carbocycles. The predicted molar refractivity (Wildman–Crippen MR) is 40.9 cm³/mol. The Balaban J connectivity index is 2.25. The molecule has 0 aromatic rings. The lowest BCUT2D eigenvalue weighted by Gasteiger charge is -2.06. The molecule has 10 heavy (non-hydrogen) atoms. The summed E-state index contributed by atoms with van der Waals surface area (Å²) >= 11 is 1.72. The van der Waals surface area contributed by atoms with Gasteiger partial charge in [-0.1, -0.05) is 0 Å². The first-order valence-electron chi connectivity index (χ1n) is 3.32. The molecule has 1 rings (SSSR count). The van der Waals surface area contributed by atoms with Crippen LogP contribution in [0.4, 0.5) is 0 Å². The van der Waals surface area contributed by atoms with Crippen molar-refractivity contribution in [1.29, 1.82) is 0 Å². The molecule has 0 radical (unpaired) electrons. The van der Waals surface area contributed by atoms with Gasteiger partial charge in [0.25, 0.3) is 0 Å². The fourth-order valence-corrected chi connectivity index (χ4v) is 1.72. The van der Waals surface area contributed by atoms with Crippen LogP contribution in [0.25, 0.3) is 0 Å². The quantitative estimate of drug-likeness (QED) is 0.588. The van der Waals surface area contributed by atoms with E-state index in [0.717, 1.165) is 11.6 Å². The zero-order valence-corrected chi connectivity index (χ0v) is 6.74. The molecule has 1 heterocycles. The maximum absolute atomic E-state index is 10.9. The molecule has 1 aliphatic rings. The number of rotatable bonds is 2. The van der Waals surface area contributed by atoms with Gasteiger partial charge in [-0.05, 0) is 6.92 Å². The number of thioether (sulfide) groups is 1. The van der Waals surface area contributed by atoms with Gasteiger partial charge in [-0.25, -0.2) is 0 Å². The van der Waals surface area contributed by atoms with E-state index in [4.69, 9.17) is 4.74 Å². The monoisotopic (exact) mass is 161 g/mol. The van der Waals surface area contributed by atoms with Crippen LogP contribution in [0.3, 0.4) is 0 Å². The van der Waals surface area contributed by atoms with E-state index < -0.39 is 0 Å². The Morgan fingerprint density at radius 2 is 2.70 bits per heavy atom. The molecule has 1 fully saturated rings. The third-order valence-electron chi connectivity index (χ3n) is 1.29. The van der Waals surface area contributed by atoms with Gasteiger partial charge in [0, 0.05) is 11.6 Å².